The number of hydrogen-bond acceptors (Lipinski definition) is 5. The van der Waals surface area contributed by atoms with Crippen LogP contribution < -0.4 is 10.2 Å². The maximum absolute atomic E-state index is 4.57. The molecule has 1 unspecified atom stereocenters. The van der Waals surface area contributed by atoms with Crippen LogP contribution in [-0.2, 0) is 0 Å². The molecule has 1 aliphatic heterocycles. The van der Waals surface area contributed by atoms with Crippen LogP contribution in [0.4, 0.5) is 11.8 Å². The van der Waals surface area contributed by atoms with Gasteiger partial charge in [0.05, 0.1) is 6.20 Å². The van der Waals surface area contributed by atoms with E-state index in [1.54, 1.807) is 6.20 Å². The molecule has 0 bridgehead atoms. The fourth-order valence-electron chi connectivity index (χ4n) is 2.37. The first-order chi connectivity index (χ1) is 9.15. The molecule has 2 rings (SSSR count). The first-order valence-corrected chi connectivity index (χ1v) is 7.33. The Morgan fingerprint density at radius 3 is 3.05 bits per heavy atom. The van der Waals surface area contributed by atoms with E-state index in [2.05, 4.69) is 46.2 Å². The smallest absolute Gasteiger partial charge is 0.247 e. The van der Waals surface area contributed by atoms with Crippen molar-refractivity contribution in [3.63, 3.8) is 0 Å². The van der Waals surface area contributed by atoms with Crippen molar-refractivity contribution in [1.29, 1.82) is 0 Å². The molecule has 1 aromatic heterocycles. The Kier molecular flexibility index (Phi) is 4.93. The lowest BCUT2D eigenvalue weighted by Crippen LogP contribution is -2.35. The first kappa shape index (κ1) is 14.0. The summed E-state index contributed by atoms with van der Waals surface area (Å²) >= 11 is 0. The maximum atomic E-state index is 4.57. The fourth-order valence-corrected chi connectivity index (χ4v) is 2.37. The summed E-state index contributed by atoms with van der Waals surface area (Å²) in [5.41, 5.74) is 0. The standard InChI is InChI=1S/C14H25N5/c1-11(2)6-7-15-13-9-16-18-14(17-13)19-8-4-5-12(3)10-19/h9,11-12H,4-8,10H2,1-3H3,(H,15,17,18). The van der Waals surface area contributed by atoms with Gasteiger partial charge in [-0.2, -0.15) is 10.1 Å². The van der Waals surface area contributed by atoms with E-state index in [0.29, 0.717) is 5.92 Å². The van der Waals surface area contributed by atoms with Crippen LogP contribution in [0.25, 0.3) is 0 Å². The molecule has 1 saturated heterocycles. The van der Waals surface area contributed by atoms with Crippen molar-refractivity contribution >= 4 is 11.8 Å². The summed E-state index contributed by atoms with van der Waals surface area (Å²) < 4.78 is 0. The topological polar surface area (TPSA) is 53.9 Å². The molecule has 1 aliphatic rings. The minimum atomic E-state index is 0.699. The number of nitrogens with one attached hydrogen (secondary N) is 1. The molecular formula is C14H25N5. The van der Waals surface area contributed by atoms with E-state index in [1.807, 2.05) is 0 Å². The average molecular weight is 263 g/mol. The van der Waals surface area contributed by atoms with Crippen LogP contribution in [0.15, 0.2) is 6.20 Å². The normalized spacial score (nSPS) is 19.8. The van der Waals surface area contributed by atoms with Crippen LogP contribution in [0.5, 0.6) is 0 Å². The predicted molar refractivity (Wildman–Crippen MR) is 78.4 cm³/mol. The maximum Gasteiger partial charge on any atom is 0.247 e. The van der Waals surface area contributed by atoms with E-state index >= 15 is 0 Å². The Morgan fingerprint density at radius 2 is 2.32 bits per heavy atom. The molecule has 19 heavy (non-hydrogen) atoms. The van der Waals surface area contributed by atoms with Gasteiger partial charge in [-0.1, -0.05) is 20.8 Å². The second-order valence-electron chi connectivity index (χ2n) is 5.94. The van der Waals surface area contributed by atoms with Crippen LogP contribution in [0.2, 0.25) is 0 Å². The van der Waals surface area contributed by atoms with Gasteiger partial charge in [0.2, 0.25) is 5.95 Å². The third-order valence-electron chi connectivity index (χ3n) is 3.52. The lowest BCUT2D eigenvalue weighted by molar-refractivity contribution is 0.441. The van der Waals surface area contributed by atoms with Gasteiger partial charge in [0.25, 0.3) is 0 Å². The Balaban J connectivity index is 1.94. The highest BCUT2D eigenvalue weighted by molar-refractivity contribution is 5.39. The van der Waals surface area contributed by atoms with Crippen molar-refractivity contribution in [1.82, 2.24) is 15.2 Å². The third-order valence-corrected chi connectivity index (χ3v) is 3.52. The summed E-state index contributed by atoms with van der Waals surface area (Å²) in [6.45, 7) is 9.75. The SMILES string of the molecule is CC(C)CCNc1cnnc(N2CCCC(C)C2)n1. The predicted octanol–water partition coefficient (Wildman–Crippen LogP) is 2.57. The lowest BCUT2D eigenvalue weighted by atomic mass is 10.0. The molecule has 106 valence electrons. The van der Waals surface area contributed by atoms with Crippen LogP contribution >= 0.6 is 0 Å². The molecule has 0 amide bonds. The number of anilines is 2. The summed E-state index contributed by atoms with van der Waals surface area (Å²) in [5.74, 6) is 3.02. The highest BCUT2D eigenvalue weighted by Gasteiger charge is 2.19. The largest absolute Gasteiger partial charge is 0.369 e. The van der Waals surface area contributed by atoms with Gasteiger partial charge in [0.15, 0.2) is 5.82 Å². The summed E-state index contributed by atoms with van der Waals surface area (Å²) in [6, 6.07) is 0. The van der Waals surface area contributed by atoms with Gasteiger partial charge in [0.1, 0.15) is 0 Å². The summed E-state index contributed by atoms with van der Waals surface area (Å²) in [5, 5.41) is 11.6. The second-order valence-corrected chi connectivity index (χ2v) is 5.94. The molecule has 0 aliphatic carbocycles. The van der Waals surface area contributed by atoms with Gasteiger partial charge >= 0.3 is 0 Å². The van der Waals surface area contributed by atoms with Crippen LogP contribution in [0.3, 0.4) is 0 Å². The van der Waals surface area contributed by atoms with Crippen LogP contribution in [0.1, 0.15) is 40.0 Å². The second kappa shape index (κ2) is 6.68. The first-order valence-electron chi connectivity index (χ1n) is 7.33. The van der Waals surface area contributed by atoms with E-state index in [0.717, 1.165) is 43.7 Å². The van der Waals surface area contributed by atoms with Gasteiger partial charge in [-0.15, -0.1) is 5.10 Å². The van der Waals surface area contributed by atoms with E-state index in [4.69, 9.17) is 0 Å². The average Bonchev–Trinajstić information content (AvgIpc) is 2.39. The molecule has 0 radical (unpaired) electrons. The molecule has 1 aromatic rings. The summed E-state index contributed by atoms with van der Waals surface area (Å²) in [4.78, 5) is 6.81. The van der Waals surface area contributed by atoms with E-state index in [-0.39, 0.29) is 0 Å². The molecule has 1 fully saturated rings. The lowest BCUT2D eigenvalue weighted by Gasteiger charge is -2.30. The zero-order valence-corrected chi connectivity index (χ0v) is 12.3. The number of piperidine rings is 1. The van der Waals surface area contributed by atoms with Crippen molar-refractivity contribution in [2.75, 3.05) is 29.9 Å². The van der Waals surface area contributed by atoms with Crippen molar-refractivity contribution < 1.29 is 0 Å². The Morgan fingerprint density at radius 1 is 1.47 bits per heavy atom. The number of hydrogen-bond donors (Lipinski definition) is 1. The van der Waals surface area contributed by atoms with Crippen molar-refractivity contribution in [2.24, 2.45) is 11.8 Å². The van der Waals surface area contributed by atoms with Crippen molar-refractivity contribution in [3.05, 3.63) is 6.20 Å². The van der Waals surface area contributed by atoms with Crippen LogP contribution in [-0.4, -0.2) is 34.8 Å². The quantitative estimate of drug-likeness (QED) is 0.885. The van der Waals surface area contributed by atoms with E-state index in [1.165, 1.54) is 12.8 Å². The van der Waals surface area contributed by atoms with Gasteiger partial charge in [-0.25, -0.2) is 0 Å². The molecule has 1 N–H and O–H groups in total. The number of rotatable bonds is 5. The minimum Gasteiger partial charge on any atom is -0.369 e. The van der Waals surface area contributed by atoms with Gasteiger partial charge in [0, 0.05) is 19.6 Å². The highest BCUT2D eigenvalue weighted by Crippen LogP contribution is 2.19. The Bertz CT molecular complexity index is 393. The molecular weight excluding hydrogens is 238 g/mol. The van der Waals surface area contributed by atoms with Crippen LogP contribution in [0, 0.1) is 11.8 Å². The molecule has 5 heteroatoms. The number of nitrogens with zero attached hydrogens (tertiary/aromatic N) is 4. The molecule has 0 spiro atoms. The molecule has 5 nitrogen and oxygen atoms in total. The van der Waals surface area contributed by atoms with Crippen molar-refractivity contribution in [2.45, 2.75) is 40.0 Å². The van der Waals surface area contributed by atoms with Gasteiger partial charge < -0.3 is 10.2 Å². The zero-order chi connectivity index (χ0) is 13.7. The molecule has 1 atom stereocenters. The fraction of sp³-hybridized carbons (Fsp3) is 0.786. The zero-order valence-electron chi connectivity index (χ0n) is 12.3. The molecule has 2 heterocycles. The Labute approximate surface area is 115 Å². The molecule has 0 saturated carbocycles. The number of aromatic nitrogens is 3. The summed E-state index contributed by atoms with van der Waals surface area (Å²) in [6.07, 6.45) is 5.36. The Hall–Kier alpha value is -1.39. The highest BCUT2D eigenvalue weighted by atomic mass is 15.3. The monoisotopic (exact) mass is 263 g/mol. The summed E-state index contributed by atoms with van der Waals surface area (Å²) in [7, 11) is 0. The van der Waals surface area contributed by atoms with E-state index < -0.39 is 0 Å². The third kappa shape index (κ3) is 4.33. The molecule has 0 aromatic carbocycles. The van der Waals surface area contributed by atoms with E-state index in [9.17, 15) is 0 Å². The van der Waals surface area contributed by atoms with Gasteiger partial charge in [-0.05, 0) is 31.1 Å². The van der Waals surface area contributed by atoms with Gasteiger partial charge in [-0.3, -0.25) is 0 Å². The minimum absolute atomic E-state index is 0.699. The van der Waals surface area contributed by atoms with Crippen molar-refractivity contribution in [3.8, 4) is 0 Å².